The van der Waals surface area contributed by atoms with Crippen LogP contribution in [0.3, 0.4) is 0 Å². The molecule has 0 saturated carbocycles. The number of nitrogens with one attached hydrogen (secondary N) is 2. The van der Waals surface area contributed by atoms with Crippen molar-refractivity contribution in [3.05, 3.63) is 53.6 Å². The van der Waals surface area contributed by atoms with Crippen LogP contribution in [0.5, 0.6) is 0 Å². The fourth-order valence-corrected chi connectivity index (χ4v) is 4.75. The molecule has 1 aliphatic rings. The lowest BCUT2D eigenvalue weighted by atomic mass is 10.0. The number of carbonyl (C=O) groups excluding carboxylic acids is 2. The van der Waals surface area contributed by atoms with E-state index in [0.29, 0.717) is 30.9 Å². The number of nitrogens with zero attached hydrogens (tertiary/aromatic N) is 1. The summed E-state index contributed by atoms with van der Waals surface area (Å²) in [7, 11) is -3.72. The summed E-state index contributed by atoms with van der Waals surface area (Å²) in [5.41, 5.74) is 2.78. The first-order chi connectivity index (χ1) is 13.8. The van der Waals surface area contributed by atoms with Gasteiger partial charge in [0.2, 0.25) is 0 Å². The molecule has 0 aromatic heterocycles. The highest BCUT2D eigenvalue weighted by Gasteiger charge is 2.29. The van der Waals surface area contributed by atoms with Crippen LogP contribution in [0.15, 0.2) is 47.4 Å². The summed E-state index contributed by atoms with van der Waals surface area (Å²) in [6.45, 7) is 4.57. The van der Waals surface area contributed by atoms with E-state index >= 15 is 0 Å². The summed E-state index contributed by atoms with van der Waals surface area (Å²) in [5, 5.41) is 5.06. The van der Waals surface area contributed by atoms with Crippen LogP contribution in [0.4, 0.5) is 11.4 Å². The largest absolute Gasteiger partial charge is 0.348 e. The van der Waals surface area contributed by atoms with Gasteiger partial charge in [-0.05, 0) is 56.0 Å². The molecule has 0 bridgehead atoms. The summed E-state index contributed by atoms with van der Waals surface area (Å²) >= 11 is 0. The van der Waals surface area contributed by atoms with Gasteiger partial charge in [0.1, 0.15) is 0 Å². The van der Waals surface area contributed by atoms with Crippen LogP contribution in [-0.2, 0) is 26.0 Å². The van der Waals surface area contributed by atoms with E-state index in [-0.39, 0.29) is 4.90 Å². The summed E-state index contributed by atoms with van der Waals surface area (Å²) in [6, 6.07) is 11.8. The number of anilines is 2. The number of hydrogen-bond donors (Lipinski definition) is 2. The van der Waals surface area contributed by atoms with Crippen molar-refractivity contribution in [3.63, 3.8) is 0 Å². The highest BCUT2D eigenvalue weighted by molar-refractivity contribution is 7.92. The normalized spacial score (nSPS) is 13.5. The monoisotopic (exact) mass is 415 g/mol. The zero-order chi connectivity index (χ0) is 21.0. The van der Waals surface area contributed by atoms with Crippen molar-refractivity contribution in [2.45, 2.75) is 38.0 Å². The summed E-state index contributed by atoms with van der Waals surface area (Å²) in [5.74, 6) is -1.49. The lowest BCUT2D eigenvalue weighted by Crippen LogP contribution is -2.36. The van der Waals surface area contributed by atoms with Crippen molar-refractivity contribution >= 4 is 33.2 Å². The molecule has 3 rings (SSSR count). The van der Waals surface area contributed by atoms with Crippen molar-refractivity contribution in [1.82, 2.24) is 5.32 Å². The van der Waals surface area contributed by atoms with Gasteiger partial charge in [0.25, 0.3) is 10.0 Å². The summed E-state index contributed by atoms with van der Waals surface area (Å²) in [6.07, 6.45) is 2.19. The van der Waals surface area contributed by atoms with Crippen molar-refractivity contribution in [3.8, 4) is 0 Å². The van der Waals surface area contributed by atoms with Gasteiger partial charge in [-0.25, -0.2) is 8.42 Å². The van der Waals surface area contributed by atoms with E-state index in [4.69, 9.17) is 0 Å². The molecular weight excluding hydrogens is 390 g/mol. The molecule has 2 N–H and O–H groups in total. The van der Waals surface area contributed by atoms with E-state index in [9.17, 15) is 18.0 Å². The number of rotatable bonds is 5. The maximum Gasteiger partial charge on any atom is 0.313 e. The van der Waals surface area contributed by atoms with E-state index in [1.165, 1.54) is 4.31 Å². The lowest BCUT2D eigenvalue weighted by molar-refractivity contribution is -0.136. The van der Waals surface area contributed by atoms with Crippen molar-refractivity contribution in [1.29, 1.82) is 0 Å². The van der Waals surface area contributed by atoms with Crippen LogP contribution in [0.2, 0.25) is 0 Å². The molecule has 0 fully saturated rings. The van der Waals surface area contributed by atoms with Gasteiger partial charge in [-0.15, -0.1) is 0 Å². The number of hydrogen-bond acceptors (Lipinski definition) is 4. The molecule has 0 saturated heterocycles. The van der Waals surface area contributed by atoms with Gasteiger partial charge in [0.15, 0.2) is 0 Å². The molecule has 8 heteroatoms. The van der Waals surface area contributed by atoms with Crippen LogP contribution < -0.4 is 14.9 Å². The molecular formula is C21H25N3O4S. The smallest absolute Gasteiger partial charge is 0.313 e. The molecule has 0 spiro atoms. The molecule has 1 aliphatic heterocycles. The Morgan fingerprint density at radius 1 is 1.07 bits per heavy atom. The number of fused-ring (bicyclic) bond motifs is 1. The molecule has 154 valence electrons. The highest BCUT2D eigenvalue weighted by Crippen LogP contribution is 2.34. The van der Waals surface area contributed by atoms with Crippen LogP contribution >= 0.6 is 0 Å². The Hall–Kier alpha value is -2.87. The minimum absolute atomic E-state index is 0.226. The Kier molecular flexibility index (Phi) is 6.22. The average Bonchev–Trinajstić information content (AvgIpc) is 2.71. The van der Waals surface area contributed by atoms with Crippen molar-refractivity contribution < 1.29 is 18.0 Å². The first-order valence-electron chi connectivity index (χ1n) is 9.64. The highest BCUT2D eigenvalue weighted by atomic mass is 32.2. The van der Waals surface area contributed by atoms with E-state index in [1.54, 1.807) is 42.5 Å². The third-order valence-corrected chi connectivity index (χ3v) is 6.60. The summed E-state index contributed by atoms with van der Waals surface area (Å²) < 4.78 is 27.8. The van der Waals surface area contributed by atoms with Crippen LogP contribution in [-0.4, -0.2) is 33.3 Å². The first-order valence-corrected chi connectivity index (χ1v) is 11.1. The average molecular weight is 416 g/mol. The predicted octanol–water partition coefficient (Wildman–Crippen LogP) is 2.60. The Balaban J connectivity index is 1.88. The molecule has 1 heterocycles. The van der Waals surface area contributed by atoms with Gasteiger partial charge >= 0.3 is 11.8 Å². The molecule has 29 heavy (non-hydrogen) atoms. The number of carbonyl (C=O) groups is 2. The van der Waals surface area contributed by atoms with Crippen LogP contribution in [0, 0.1) is 6.92 Å². The van der Waals surface area contributed by atoms with E-state index in [2.05, 4.69) is 10.6 Å². The van der Waals surface area contributed by atoms with Crippen molar-refractivity contribution in [2.75, 3.05) is 22.7 Å². The third-order valence-electron chi connectivity index (χ3n) is 4.77. The number of aryl methyl sites for hydroxylation is 2. The van der Waals surface area contributed by atoms with Gasteiger partial charge < -0.3 is 10.6 Å². The third kappa shape index (κ3) is 4.59. The van der Waals surface area contributed by atoms with Crippen molar-refractivity contribution in [2.24, 2.45) is 0 Å². The molecule has 2 aromatic carbocycles. The summed E-state index contributed by atoms with van der Waals surface area (Å²) in [4.78, 5) is 24.1. The maximum atomic E-state index is 13.2. The minimum Gasteiger partial charge on any atom is -0.348 e. The standard InChI is InChI=1S/C21H25N3O4S/c1-3-12-22-20(25)21(26)23-17-9-8-16-5-4-13-24(19(16)14-17)29(27,28)18-10-6-15(2)7-11-18/h6-11,14H,3-5,12-13H2,1-2H3,(H,22,25)(H,23,26). The maximum absolute atomic E-state index is 13.2. The Bertz CT molecular complexity index is 1020. The fourth-order valence-electron chi connectivity index (χ4n) is 3.21. The zero-order valence-electron chi connectivity index (χ0n) is 16.6. The molecule has 0 aliphatic carbocycles. The number of benzene rings is 2. The van der Waals surface area contributed by atoms with Gasteiger partial charge in [-0.2, -0.15) is 0 Å². The van der Waals surface area contributed by atoms with E-state index in [1.807, 2.05) is 13.8 Å². The molecule has 0 unspecified atom stereocenters. The molecule has 0 radical (unpaired) electrons. The quantitative estimate of drug-likeness (QED) is 0.734. The molecule has 0 atom stereocenters. The van der Waals surface area contributed by atoms with Crippen LogP contribution in [0.1, 0.15) is 30.9 Å². The number of sulfonamides is 1. The minimum atomic E-state index is -3.72. The van der Waals surface area contributed by atoms with Gasteiger partial charge in [0, 0.05) is 18.8 Å². The second-order valence-corrected chi connectivity index (χ2v) is 8.91. The zero-order valence-corrected chi connectivity index (χ0v) is 17.4. The first kappa shape index (κ1) is 20.9. The Labute approximate surface area is 171 Å². The molecule has 2 amide bonds. The second-order valence-electron chi connectivity index (χ2n) is 7.05. The molecule has 2 aromatic rings. The van der Waals surface area contributed by atoms with Gasteiger partial charge in [-0.3, -0.25) is 13.9 Å². The lowest BCUT2D eigenvalue weighted by Gasteiger charge is -2.31. The van der Waals surface area contributed by atoms with Gasteiger partial charge in [-0.1, -0.05) is 30.7 Å². The number of amides is 2. The predicted molar refractivity (Wildman–Crippen MR) is 112 cm³/mol. The van der Waals surface area contributed by atoms with Crippen LogP contribution in [0.25, 0.3) is 0 Å². The molecule has 7 nitrogen and oxygen atoms in total. The van der Waals surface area contributed by atoms with Gasteiger partial charge in [0.05, 0.1) is 10.6 Å². The Morgan fingerprint density at radius 3 is 2.48 bits per heavy atom. The topological polar surface area (TPSA) is 95.6 Å². The Morgan fingerprint density at radius 2 is 1.79 bits per heavy atom. The fraction of sp³-hybridized carbons (Fsp3) is 0.333. The van der Waals surface area contributed by atoms with E-state index < -0.39 is 21.8 Å². The second kappa shape index (κ2) is 8.65. The SMILES string of the molecule is CCCNC(=O)C(=O)Nc1ccc2c(c1)N(S(=O)(=O)c1ccc(C)cc1)CCC2. The van der Waals surface area contributed by atoms with E-state index in [0.717, 1.165) is 24.0 Å².